The Morgan fingerprint density at radius 1 is 1.19 bits per heavy atom. The smallest absolute Gasteiger partial charge is 0.307 e. The van der Waals surface area contributed by atoms with E-state index in [0.29, 0.717) is 12.2 Å². The third-order valence-electron chi connectivity index (χ3n) is 6.64. The molecule has 1 N–H and O–H groups in total. The van der Waals surface area contributed by atoms with Gasteiger partial charge in [0.1, 0.15) is 11.5 Å². The summed E-state index contributed by atoms with van der Waals surface area (Å²) in [6.45, 7) is 6.28. The second kappa shape index (κ2) is 9.07. The second-order valence-corrected chi connectivity index (χ2v) is 8.83. The highest BCUT2D eigenvalue weighted by Gasteiger charge is 2.53. The summed E-state index contributed by atoms with van der Waals surface area (Å²) >= 11 is 0. The van der Waals surface area contributed by atoms with Gasteiger partial charge >= 0.3 is 5.97 Å². The van der Waals surface area contributed by atoms with Gasteiger partial charge in [-0.2, -0.15) is 0 Å². The lowest BCUT2D eigenvalue weighted by molar-refractivity contribution is -0.152. The van der Waals surface area contributed by atoms with Crippen LogP contribution in [0, 0.1) is 23.7 Å². The van der Waals surface area contributed by atoms with Crippen molar-refractivity contribution < 1.29 is 23.8 Å². The summed E-state index contributed by atoms with van der Waals surface area (Å²) in [5, 5.41) is 9.90. The van der Waals surface area contributed by atoms with Crippen molar-refractivity contribution in [1.82, 2.24) is 4.90 Å². The van der Waals surface area contributed by atoms with Crippen LogP contribution < -0.4 is 4.74 Å². The number of carbonyl (C=O) groups is 2. The van der Waals surface area contributed by atoms with Crippen LogP contribution in [0.2, 0.25) is 0 Å². The molecule has 32 heavy (non-hydrogen) atoms. The number of methoxy groups -OCH3 is 1. The van der Waals surface area contributed by atoms with Crippen molar-refractivity contribution in [2.24, 2.45) is 23.7 Å². The van der Waals surface area contributed by atoms with Gasteiger partial charge in [0.15, 0.2) is 0 Å². The molecule has 6 heteroatoms. The van der Waals surface area contributed by atoms with Crippen LogP contribution >= 0.6 is 0 Å². The van der Waals surface area contributed by atoms with E-state index in [1.165, 1.54) is 0 Å². The van der Waals surface area contributed by atoms with E-state index < -0.39 is 17.8 Å². The molecule has 1 saturated carbocycles. The molecule has 5 atom stereocenters. The Morgan fingerprint density at radius 2 is 1.88 bits per heavy atom. The maximum Gasteiger partial charge on any atom is 0.307 e. The van der Waals surface area contributed by atoms with Gasteiger partial charge in [0.25, 0.3) is 0 Å². The molecular formula is C26H29NO5. The highest BCUT2D eigenvalue weighted by Crippen LogP contribution is 2.49. The third kappa shape index (κ3) is 4.22. The summed E-state index contributed by atoms with van der Waals surface area (Å²) < 4.78 is 10.9. The van der Waals surface area contributed by atoms with Gasteiger partial charge in [-0.3, -0.25) is 9.59 Å². The molecule has 1 aromatic heterocycles. The fraction of sp³-hybridized carbons (Fsp3) is 0.385. The van der Waals surface area contributed by atoms with Gasteiger partial charge in [-0.05, 0) is 61.4 Å². The Bertz CT molecular complexity index is 1010. The number of carboxylic acid groups (broad SMARTS) is 1. The number of carbonyl (C=O) groups excluding carboxylic acids is 1. The zero-order valence-corrected chi connectivity index (χ0v) is 18.4. The fourth-order valence-electron chi connectivity index (χ4n) is 5.16. The average Bonchev–Trinajstić information content (AvgIpc) is 3.53. The maximum atomic E-state index is 14.0. The van der Waals surface area contributed by atoms with Crippen LogP contribution in [0.3, 0.4) is 0 Å². The number of rotatable bonds is 9. The summed E-state index contributed by atoms with van der Waals surface area (Å²) in [4.78, 5) is 27.9. The molecule has 0 radical (unpaired) electrons. The summed E-state index contributed by atoms with van der Waals surface area (Å²) in [6, 6.07) is 11.0. The normalized spacial score (nSPS) is 24.3. The van der Waals surface area contributed by atoms with Gasteiger partial charge in [-0.25, -0.2) is 0 Å². The predicted molar refractivity (Wildman–Crippen MR) is 120 cm³/mol. The highest BCUT2D eigenvalue weighted by atomic mass is 16.5. The van der Waals surface area contributed by atoms with Crippen LogP contribution in [0.25, 0.3) is 0 Å². The molecule has 4 rings (SSSR count). The van der Waals surface area contributed by atoms with Crippen molar-refractivity contribution in [3.63, 3.8) is 0 Å². The quantitative estimate of drug-likeness (QED) is 0.570. The average molecular weight is 436 g/mol. The number of ether oxygens (including phenoxy) is 1. The Labute approximate surface area is 188 Å². The van der Waals surface area contributed by atoms with Crippen LogP contribution in [-0.2, 0) is 16.1 Å². The van der Waals surface area contributed by atoms with Crippen molar-refractivity contribution in [3.8, 4) is 5.75 Å². The molecule has 1 aromatic carbocycles. The third-order valence-corrected chi connectivity index (χ3v) is 6.64. The van der Waals surface area contributed by atoms with Crippen LogP contribution in [0.15, 0.2) is 71.4 Å². The first-order valence-electron chi connectivity index (χ1n) is 10.9. The SMILES string of the molecule is C=C(C)C[C@@H](c1ccc(OC)cc1)N(Cc1ccco1)C(=O)[C@@H]1[C@H](C(=O)O)[C@@H]2C=C[C@@H]1C2. The first-order chi connectivity index (χ1) is 15.4. The molecule has 0 spiro atoms. The Morgan fingerprint density at radius 3 is 2.44 bits per heavy atom. The lowest BCUT2D eigenvalue weighted by Crippen LogP contribution is -2.44. The number of aliphatic carboxylic acids is 1. The van der Waals surface area contributed by atoms with E-state index in [2.05, 4.69) is 6.58 Å². The minimum Gasteiger partial charge on any atom is -0.497 e. The second-order valence-electron chi connectivity index (χ2n) is 8.83. The number of allylic oxidation sites excluding steroid dienone is 2. The number of fused-ring (bicyclic) bond motifs is 2. The van der Waals surface area contributed by atoms with Crippen LogP contribution in [0.1, 0.15) is 37.1 Å². The standard InChI is InChI=1S/C26H29NO5/c1-16(2)13-22(17-8-10-20(31-3)11-9-17)27(15-21-5-4-12-32-21)25(28)23-18-6-7-19(14-18)24(23)26(29)30/h4-12,18-19,22-24H,1,13-15H2,2-3H3,(H,29,30)/t18-,19-,22+,23+,24-/m1/s1. The van der Waals surface area contributed by atoms with Gasteiger partial charge in [-0.1, -0.05) is 29.9 Å². The fourth-order valence-corrected chi connectivity index (χ4v) is 5.16. The van der Waals surface area contributed by atoms with Gasteiger partial charge in [0, 0.05) is 0 Å². The minimum atomic E-state index is -0.904. The molecule has 2 aliphatic rings. The summed E-state index contributed by atoms with van der Waals surface area (Å²) in [6.07, 6.45) is 6.83. The number of amides is 1. The molecule has 1 amide bonds. The van der Waals surface area contributed by atoms with E-state index in [9.17, 15) is 14.7 Å². The topological polar surface area (TPSA) is 80.0 Å². The number of hydrogen-bond acceptors (Lipinski definition) is 4. The van der Waals surface area contributed by atoms with E-state index in [0.717, 1.165) is 23.3 Å². The van der Waals surface area contributed by atoms with Crippen LogP contribution in [0.4, 0.5) is 0 Å². The lowest BCUT2D eigenvalue weighted by Gasteiger charge is -2.36. The van der Waals surface area contributed by atoms with Gasteiger partial charge in [0.2, 0.25) is 5.91 Å². The molecule has 0 unspecified atom stereocenters. The summed E-state index contributed by atoms with van der Waals surface area (Å²) in [5.74, 6) is -1.07. The molecular weight excluding hydrogens is 406 g/mol. The first kappa shape index (κ1) is 21.9. The number of benzene rings is 1. The molecule has 0 aliphatic heterocycles. The summed E-state index contributed by atoms with van der Waals surface area (Å²) in [5.41, 5.74) is 1.88. The van der Waals surface area contributed by atoms with Crippen molar-refractivity contribution in [3.05, 3.63) is 78.3 Å². The molecule has 1 fully saturated rings. The number of nitrogens with zero attached hydrogens (tertiary/aromatic N) is 1. The monoisotopic (exact) mass is 435 g/mol. The number of carboxylic acids is 1. The van der Waals surface area contributed by atoms with E-state index in [1.54, 1.807) is 24.3 Å². The molecule has 2 aromatic rings. The lowest BCUT2D eigenvalue weighted by atomic mass is 9.81. The van der Waals surface area contributed by atoms with Gasteiger partial charge in [-0.15, -0.1) is 6.58 Å². The Kier molecular flexibility index (Phi) is 6.21. The van der Waals surface area contributed by atoms with Gasteiger partial charge in [0.05, 0.1) is 37.8 Å². The molecule has 1 heterocycles. The Balaban J connectivity index is 1.73. The molecule has 2 aliphatic carbocycles. The van der Waals surface area contributed by atoms with Crippen molar-refractivity contribution in [2.45, 2.75) is 32.4 Å². The first-order valence-corrected chi connectivity index (χ1v) is 10.9. The Hall–Kier alpha value is -3.28. The van der Waals surface area contributed by atoms with Gasteiger partial charge < -0.3 is 19.2 Å². The maximum absolute atomic E-state index is 14.0. The molecule has 0 saturated heterocycles. The van der Waals surface area contributed by atoms with Crippen LogP contribution in [-0.4, -0.2) is 29.0 Å². The largest absolute Gasteiger partial charge is 0.497 e. The summed E-state index contributed by atoms with van der Waals surface area (Å²) in [7, 11) is 1.61. The number of hydrogen-bond donors (Lipinski definition) is 1. The van der Waals surface area contributed by atoms with E-state index in [1.807, 2.05) is 49.4 Å². The van der Waals surface area contributed by atoms with Crippen molar-refractivity contribution in [1.29, 1.82) is 0 Å². The van der Waals surface area contributed by atoms with Crippen LogP contribution in [0.5, 0.6) is 5.75 Å². The predicted octanol–water partition coefficient (Wildman–Crippen LogP) is 4.85. The zero-order valence-electron chi connectivity index (χ0n) is 18.4. The van der Waals surface area contributed by atoms with Crippen molar-refractivity contribution in [2.75, 3.05) is 7.11 Å². The molecule has 2 bridgehead atoms. The number of furan rings is 1. The van der Waals surface area contributed by atoms with Crippen molar-refractivity contribution >= 4 is 11.9 Å². The zero-order chi connectivity index (χ0) is 22.8. The highest BCUT2D eigenvalue weighted by molar-refractivity contribution is 5.87. The van der Waals surface area contributed by atoms with E-state index in [4.69, 9.17) is 9.15 Å². The molecule has 6 nitrogen and oxygen atoms in total. The van der Waals surface area contributed by atoms with E-state index >= 15 is 0 Å². The van der Waals surface area contributed by atoms with E-state index in [-0.39, 0.29) is 30.3 Å². The molecule has 168 valence electrons. The minimum absolute atomic E-state index is 0.0472.